The van der Waals surface area contributed by atoms with E-state index in [1.807, 2.05) is 19.3 Å². The van der Waals surface area contributed by atoms with Gasteiger partial charge < -0.3 is 14.2 Å². The molecular weight excluding hydrogens is 304 g/mol. The van der Waals surface area contributed by atoms with E-state index in [-0.39, 0.29) is 29.1 Å². The largest absolute Gasteiger partial charge is 0.497 e. The van der Waals surface area contributed by atoms with Crippen molar-refractivity contribution in [1.29, 1.82) is 0 Å². The standard InChI is InChI=1S/C20H22O4/c1-22-10-3-4-11-15-12(7-10)13(21)8-19-5-6-20(23-2)14(9-19)24-18(11)17(20)16(15)19/h3-4,7,12,14,16-18H,5-6,8-9H2,1-2H3/t12?,14-,16+,17+,18+,19-,20+/m0/s1. The van der Waals surface area contributed by atoms with Crippen LogP contribution in [0.1, 0.15) is 25.7 Å². The second-order valence-electron chi connectivity index (χ2n) is 8.41. The summed E-state index contributed by atoms with van der Waals surface area (Å²) in [7, 11) is 3.52. The quantitative estimate of drug-likeness (QED) is 0.782. The molecule has 1 saturated heterocycles. The Morgan fingerprint density at radius 2 is 2.12 bits per heavy atom. The first-order valence-corrected chi connectivity index (χ1v) is 9.05. The molecule has 7 rings (SSSR count). The minimum Gasteiger partial charge on any atom is -0.497 e. The first-order valence-electron chi connectivity index (χ1n) is 9.05. The summed E-state index contributed by atoms with van der Waals surface area (Å²) >= 11 is 0. The molecule has 0 N–H and O–H groups in total. The highest BCUT2D eigenvalue weighted by atomic mass is 16.6. The van der Waals surface area contributed by atoms with Crippen molar-refractivity contribution >= 4 is 5.78 Å². The van der Waals surface area contributed by atoms with Crippen LogP contribution in [-0.4, -0.2) is 37.8 Å². The van der Waals surface area contributed by atoms with Gasteiger partial charge in [0, 0.05) is 19.4 Å². The van der Waals surface area contributed by atoms with Crippen LogP contribution in [0.2, 0.25) is 0 Å². The summed E-state index contributed by atoms with van der Waals surface area (Å²) in [6.45, 7) is 0. The van der Waals surface area contributed by atoms with E-state index in [0.29, 0.717) is 24.0 Å². The lowest BCUT2D eigenvalue weighted by Crippen LogP contribution is -2.65. The van der Waals surface area contributed by atoms with Crippen LogP contribution < -0.4 is 0 Å². The Hall–Kier alpha value is -1.39. The summed E-state index contributed by atoms with van der Waals surface area (Å²) < 4.78 is 18.2. The molecular formula is C20H22O4. The average molecular weight is 326 g/mol. The van der Waals surface area contributed by atoms with Crippen LogP contribution in [0.4, 0.5) is 0 Å². The molecule has 4 saturated carbocycles. The summed E-state index contributed by atoms with van der Waals surface area (Å²) in [5.74, 6) is 1.84. The molecule has 1 unspecified atom stereocenters. The molecule has 0 aromatic carbocycles. The summed E-state index contributed by atoms with van der Waals surface area (Å²) in [5.41, 5.74) is 2.52. The minimum atomic E-state index is -0.143. The summed E-state index contributed by atoms with van der Waals surface area (Å²) in [6.07, 6.45) is 10.2. The second-order valence-corrected chi connectivity index (χ2v) is 8.41. The fourth-order valence-electron chi connectivity index (χ4n) is 7.11. The van der Waals surface area contributed by atoms with Gasteiger partial charge in [-0.25, -0.2) is 0 Å². The second kappa shape index (κ2) is 4.05. The van der Waals surface area contributed by atoms with Crippen molar-refractivity contribution in [2.75, 3.05) is 14.2 Å². The van der Waals surface area contributed by atoms with Crippen LogP contribution in [-0.2, 0) is 19.0 Å². The first kappa shape index (κ1) is 13.9. The normalized spacial score (nSPS) is 52.7. The molecule has 1 aliphatic heterocycles. The van der Waals surface area contributed by atoms with E-state index >= 15 is 0 Å². The molecule has 0 radical (unpaired) electrons. The number of methoxy groups -OCH3 is 2. The molecule has 5 fully saturated rings. The Labute approximate surface area is 141 Å². The monoisotopic (exact) mass is 326 g/mol. The number of ketones is 1. The number of hydrogen-bond donors (Lipinski definition) is 0. The fraction of sp³-hybridized carbons (Fsp3) is 0.650. The Balaban J connectivity index is 1.61. The number of fused-ring (bicyclic) bond motifs is 2. The number of hydrogen-bond acceptors (Lipinski definition) is 4. The van der Waals surface area contributed by atoms with Gasteiger partial charge in [-0.15, -0.1) is 0 Å². The molecule has 4 bridgehead atoms. The van der Waals surface area contributed by atoms with Crippen molar-refractivity contribution in [3.8, 4) is 0 Å². The minimum absolute atomic E-state index is 0.0892. The van der Waals surface area contributed by atoms with Gasteiger partial charge in [-0.05, 0) is 53.9 Å². The zero-order chi connectivity index (χ0) is 16.3. The highest BCUT2D eigenvalue weighted by Gasteiger charge is 2.76. The number of rotatable bonds is 2. The Kier molecular flexibility index (Phi) is 2.34. The van der Waals surface area contributed by atoms with Crippen LogP contribution in [0.5, 0.6) is 0 Å². The van der Waals surface area contributed by atoms with Gasteiger partial charge in [0.25, 0.3) is 0 Å². The molecule has 7 aliphatic rings. The highest BCUT2D eigenvalue weighted by Crippen LogP contribution is 2.74. The van der Waals surface area contributed by atoms with E-state index in [0.717, 1.165) is 25.0 Å². The van der Waals surface area contributed by atoms with Crippen molar-refractivity contribution < 1.29 is 19.0 Å². The molecule has 126 valence electrons. The third-order valence-corrected chi connectivity index (χ3v) is 7.93. The predicted molar refractivity (Wildman–Crippen MR) is 86.0 cm³/mol. The fourth-order valence-corrected chi connectivity index (χ4v) is 7.11. The van der Waals surface area contributed by atoms with Gasteiger partial charge >= 0.3 is 0 Å². The Morgan fingerprint density at radius 3 is 2.92 bits per heavy atom. The summed E-state index contributed by atoms with van der Waals surface area (Å²) in [5, 5.41) is 0. The van der Waals surface area contributed by atoms with Gasteiger partial charge in [0.15, 0.2) is 0 Å². The van der Waals surface area contributed by atoms with Gasteiger partial charge in [-0.2, -0.15) is 0 Å². The molecule has 0 aromatic heterocycles. The lowest BCUT2D eigenvalue weighted by atomic mass is 9.44. The molecule has 4 heteroatoms. The van der Waals surface area contributed by atoms with Crippen LogP contribution in [0.25, 0.3) is 0 Å². The van der Waals surface area contributed by atoms with Gasteiger partial charge in [0.1, 0.15) is 17.1 Å². The smallest absolute Gasteiger partial charge is 0.144 e. The Bertz CT molecular complexity index is 762. The SMILES string of the molecule is COC1=CC2C(=O)C[C@@]34CC[C@]5(OC)[C@H]6[C@H](O[C@H]5C3)C(=C2[C@H]64)C=C1. The molecule has 1 heterocycles. The molecule has 1 spiro atoms. The van der Waals surface area contributed by atoms with Crippen molar-refractivity contribution in [2.24, 2.45) is 23.2 Å². The van der Waals surface area contributed by atoms with Crippen LogP contribution in [0.15, 0.2) is 35.1 Å². The van der Waals surface area contributed by atoms with E-state index in [2.05, 4.69) is 6.08 Å². The van der Waals surface area contributed by atoms with Gasteiger partial charge in [-0.1, -0.05) is 6.08 Å². The number of allylic oxidation sites excluding steroid dienone is 3. The van der Waals surface area contributed by atoms with Gasteiger partial charge in [0.2, 0.25) is 0 Å². The van der Waals surface area contributed by atoms with E-state index < -0.39 is 0 Å². The highest BCUT2D eigenvalue weighted by molar-refractivity contribution is 5.89. The molecule has 7 atom stereocenters. The maximum Gasteiger partial charge on any atom is 0.144 e. The molecule has 24 heavy (non-hydrogen) atoms. The van der Waals surface area contributed by atoms with E-state index in [9.17, 15) is 4.79 Å². The maximum absolute atomic E-state index is 13.1. The average Bonchev–Trinajstić information content (AvgIpc) is 2.94. The summed E-state index contributed by atoms with van der Waals surface area (Å²) in [4.78, 5) is 13.1. The number of carbonyl (C=O) groups is 1. The Morgan fingerprint density at radius 1 is 1.25 bits per heavy atom. The third-order valence-electron chi connectivity index (χ3n) is 7.93. The molecule has 4 nitrogen and oxygen atoms in total. The van der Waals surface area contributed by atoms with Crippen LogP contribution >= 0.6 is 0 Å². The number of Topliss-reactive ketones (excluding diaryl/α,β-unsaturated/α-hetero) is 1. The zero-order valence-corrected chi connectivity index (χ0v) is 14.1. The van der Waals surface area contributed by atoms with E-state index in [1.165, 1.54) is 11.1 Å². The molecule has 0 amide bonds. The van der Waals surface area contributed by atoms with Crippen molar-refractivity contribution in [2.45, 2.75) is 43.5 Å². The number of ether oxygens (including phenoxy) is 3. The van der Waals surface area contributed by atoms with Crippen LogP contribution in [0, 0.1) is 23.2 Å². The van der Waals surface area contributed by atoms with Crippen molar-refractivity contribution in [3.63, 3.8) is 0 Å². The lowest BCUT2D eigenvalue weighted by Gasteiger charge is -2.62. The van der Waals surface area contributed by atoms with Crippen molar-refractivity contribution in [3.05, 3.63) is 35.1 Å². The van der Waals surface area contributed by atoms with Gasteiger partial charge in [0.05, 0.1) is 25.2 Å². The zero-order valence-electron chi connectivity index (χ0n) is 14.1. The van der Waals surface area contributed by atoms with E-state index in [1.54, 1.807) is 7.11 Å². The lowest BCUT2D eigenvalue weighted by molar-refractivity contribution is -0.197. The maximum atomic E-state index is 13.1. The van der Waals surface area contributed by atoms with Gasteiger partial charge in [-0.3, -0.25) is 4.79 Å². The third kappa shape index (κ3) is 1.25. The molecule has 0 aromatic rings. The van der Waals surface area contributed by atoms with Crippen LogP contribution in [0.3, 0.4) is 0 Å². The summed E-state index contributed by atoms with van der Waals surface area (Å²) in [6, 6.07) is 0. The topological polar surface area (TPSA) is 44.8 Å². The molecule has 6 aliphatic carbocycles. The predicted octanol–water partition coefficient (Wildman–Crippen LogP) is 2.55. The number of carbonyl (C=O) groups excluding carboxylic acids is 1. The first-order chi connectivity index (χ1) is 11.6. The van der Waals surface area contributed by atoms with E-state index in [4.69, 9.17) is 14.2 Å². The van der Waals surface area contributed by atoms with Crippen molar-refractivity contribution in [1.82, 2.24) is 0 Å².